The molecule has 0 radical (unpaired) electrons. The molecule has 28 nitrogen and oxygen atoms in total. The van der Waals surface area contributed by atoms with E-state index in [1.807, 2.05) is 6.92 Å². The molecule has 108 heavy (non-hydrogen) atoms. The van der Waals surface area contributed by atoms with Crippen LogP contribution in [-0.4, -0.2) is 317 Å². The number of halogens is 1. The SMILES string of the molecule is C=C1NC(=O)NC=C1[C@@H]1O[C@H](CCP(=C)(C)C)[C@@H](O)[C@@]1(C)O.C=C1NC(=O)NC=C1[C@@H]1O[C@H](CCP(=C)(C)C)[C@@H](O)[C@H]1C.C=C1NC(=O)NC=C1[C@@H]1O[C@H](CCP(=C)(C)C)[C@@H](O)[C@H]1I.C=C1NC(=O)NC=C1[C@@H]1O[C@H](CCP(=C)(C)C)[C@@H](O)[C@H]1OC.C=C1NC(=O)NC=C1[C@@H]1O[C@H](CCP(=C)(C)C)[C@@H](O)[C@H]1OC. The molecule has 20 atom stereocenters. The van der Waals surface area contributed by atoms with E-state index >= 15 is 0 Å². The Labute approximate surface area is 652 Å². The average Bonchev–Trinajstić information content (AvgIpc) is 1.62. The minimum atomic E-state index is -1.45. The van der Waals surface area contributed by atoms with E-state index in [2.05, 4.69) is 207 Å². The van der Waals surface area contributed by atoms with E-state index in [1.54, 1.807) is 39.0 Å². The Hall–Kier alpha value is -4.54. The quantitative estimate of drug-likeness (QED) is 0.0344. The van der Waals surface area contributed by atoms with E-state index in [0.29, 0.717) is 51.6 Å². The molecule has 5 saturated heterocycles. The van der Waals surface area contributed by atoms with Crippen molar-refractivity contribution in [2.24, 2.45) is 5.92 Å². The molecule has 0 aromatic heterocycles. The number of carbonyl (C=O) groups excluding carboxylic acids is 5. The van der Waals surface area contributed by atoms with Gasteiger partial charge in [0.25, 0.3) is 0 Å². The molecule has 10 aliphatic heterocycles. The van der Waals surface area contributed by atoms with E-state index < -0.39 is 107 Å². The fourth-order valence-electron chi connectivity index (χ4n) is 13.2. The molecular formula is C74H122IN10O18P5. The molecule has 10 heterocycles. The number of ether oxygens (including phenoxy) is 7. The zero-order valence-corrected chi connectivity index (χ0v) is 71.8. The lowest BCUT2D eigenvalue weighted by atomic mass is 9.87. The highest BCUT2D eigenvalue weighted by Crippen LogP contribution is 2.46. The van der Waals surface area contributed by atoms with Gasteiger partial charge in [0.2, 0.25) is 0 Å². The Bertz CT molecular complexity index is 3620. The van der Waals surface area contributed by atoms with Crippen LogP contribution in [0.25, 0.3) is 0 Å². The lowest BCUT2D eigenvalue weighted by molar-refractivity contribution is -0.0516. The molecule has 0 unspecified atom stereocenters. The smallest absolute Gasteiger partial charge is 0.323 e. The second-order valence-corrected chi connectivity index (χ2v) is 55.4. The van der Waals surface area contributed by atoms with E-state index in [9.17, 15) is 54.6 Å². The Morgan fingerprint density at radius 2 is 0.657 bits per heavy atom. The fourth-order valence-corrected chi connectivity index (χ4v) is 19.0. The molecule has 0 bridgehead atoms. The topological polar surface area (TPSA) is 392 Å². The summed E-state index contributed by atoms with van der Waals surface area (Å²) in [6, 6.07) is -1.64. The second kappa shape index (κ2) is 38.5. The number of aliphatic hydroxyl groups excluding tert-OH is 5. The number of urea groups is 5. The van der Waals surface area contributed by atoms with Crippen molar-refractivity contribution < 1.29 is 87.8 Å². The summed E-state index contributed by atoms with van der Waals surface area (Å²) in [4.78, 5) is 56.3. The number of methoxy groups -OCH3 is 2. The first kappa shape index (κ1) is 92.3. The van der Waals surface area contributed by atoms with Gasteiger partial charge in [-0.1, -0.05) is 62.4 Å². The van der Waals surface area contributed by atoms with Gasteiger partial charge in [0.05, 0.1) is 52.8 Å². The number of hydrogen-bond acceptors (Lipinski definition) is 18. The summed E-state index contributed by atoms with van der Waals surface area (Å²) in [5.74, 6) is -0.0407. The molecule has 16 N–H and O–H groups in total. The zero-order chi connectivity index (χ0) is 81.3. The first-order valence-electron chi connectivity index (χ1n) is 35.7. The van der Waals surface area contributed by atoms with Crippen molar-refractivity contribution >= 4 is 119 Å². The van der Waals surface area contributed by atoms with Gasteiger partial charge in [0.1, 0.15) is 60.5 Å². The van der Waals surface area contributed by atoms with Crippen LogP contribution in [0.3, 0.4) is 0 Å². The van der Waals surface area contributed by atoms with Crippen molar-refractivity contribution in [3.05, 3.63) is 120 Å². The number of aliphatic hydroxyl groups is 6. The lowest BCUT2D eigenvalue weighted by Crippen LogP contribution is -2.49. The molecule has 608 valence electrons. The van der Waals surface area contributed by atoms with Crippen molar-refractivity contribution in [3.63, 3.8) is 0 Å². The molecule has 10 amide bonds. The molecule has 0 aliphatic carbocycles. The average molecular weight is 1720 g/mol. The summed E-state index contributed by atoms with van der Waals surface area (Å²) >= 11 is 2.21. The standard InChI is InChI=1S/3C15H25N2O4P.C15H25N2O3P.C14H22IN2O3P/c1-9-10(8-16-14(19)17-9)13-15(2,20)12(18)11(21-13)6-7-22(3,4)5;2*1-9-10(8-16-15(19)17-9)13-14(20-2)12(18)11(21-13)6-7-22(3,4)5;1-9-13(18)12(6-7-21(3,4)5)20-14(9)11-8-16-15(19)17-10(11)2;1-8-9(7-16-14(19)17-8)13-11(15)12(18)10(20-13)5-6-21(2,3)4/h8,11-13,18,20H,1,3,6-7H2,2,4-5H3,(H2,16,17,19);2*8,11-14,18H,1,3,6-7H2,2,4-5H3,(H2,16,17,19);8-9,12-14,18H,2-3,6-7H2,1,4-5H3,(H2,16,17,19);7,10-13,18H,1-2,5-6H2,3-4H3,(H2,16,17,19)/t11-,12-,13+,15-;2*11-,12-,13+,14-;9-,12-,13+,14-;10-,11-,12-,13+/m11111/s1. The summed E-state index contributed by atoms with van der Waals surface area (Å²) in [5.41, 5.74) is 4.42. The molecule has 0 saturated carbocycles. The summed E-state index contributed by atoms with van der Waals surface area (Å²) in [5, 5.41) is 88.7. The van der Waals surface area contributed by atoms with Gasteiger partial charge in [-0.05, 0) is 136 Å². The zero-order valence-electron chi connectivity index (χ0n) is 65.2. The molecule has 34 heteroatoms. The predicted octanol–water partition coefficient (Wildman–Crippen LogP) is 5.84. The fraction of sp³-hybridized carbons (Fsp3) is 0.595. The Morgan fingerprint density at radius 1 is 0.407 bits per heavy atom. The minimum Gasteiger partial charge on any atom is -0.390 e. The molecule has 0 spiro atoms. The maximum absolute atomic E-state index is 11.3. The van der Waals surface area contributed by atoms with Crippen molar-refractivity contribution in [3.8, 4) is 0 Å². The summed E-state index contributed by atoms with van der Waals surface area (Å²) < 4.78 is 40.8. The summed E-state index contributed by atoms with van der Waals surface area (Å²) in [7, 11) is 3.09. The molecule has 10 rings (SSSR count). The van der Waals surface area contributed by atoms with Crippen molar-refractivity contribution in [2.45, 2.75) is 159 Å². The monoisotopic (exact) mass is 1720 g/mol. The molecule has 0 aromatic carbocycles. The number of hydrogen-bond donors (Lipinski definition) is 16. The molecule has 0 aromatic rings. The van der Waals surface area contributed by atoms with Crippen LogP contribution in [0, 0.1) is 5.92 Å². The van der Waals surface area contributed by atoms with Gasteiger partial charge >= 0.3 is 30.2 Å². The minimum absolute atomic E-state index is 0.0407. The van der Waals surface area contributed by atoms with Gasteiger partial charge in [-0.15, -0.1) is 65.9 Å². The van der Waals surface area contributed by atoms with E-state index in [-0.39, 0.29) is 76.6 Å². The highest BCUT2D eigenvalue weighted by molar-refractivity contribution is 14.1. The lowest BCUT2D eigenvalue weighted by Gasteiger charge is -2.30. The van der Waals surface area contributed by atoms with Crippen LogP contribution < -0.4 is 53.2 Å². The Kier molecular flexibility index (Phi) is 32.9. The molecular weight excluding hydrogens is 1600 g/mol. The van der Waals surface area contributed by atoms with Crippen LogP contribution in [0.5, 0.6) is 0 Å². The largest absolute Gasteiger partial charge is 0.390 e. The second-order valence-electron chi connectivity index (χ2n) is 32.4. The Balaban J connectivity index is 0.000000211. The number of amides is 10. The van der Waals surface area contributed by atoms with Crippen LogP contribution in [0.4, 0.5) is 24.0 Å². The number of alkyl halides is 1. The first-order chi connectivity index (χ1) is 49.8. The van der Waals surface area contributed by atoms with Crippen LogP contribution in [0.2, 0.25) is 0 Å². The predicted molar refractivity (Wildman–Crippen MR) is 454 cm³/mol. The van der Waals surface area contributed by atoms with Crippen LogP contribution in [0.15, 0.2) is 120 Å². The van der Waals surface area contributed by atoms with Crippen LogP contribution in [-0.2, 0) is 33.2 Å². The maximum Gasteiger partial charge on any atom is 0.323 e. The Morgan fingerprint density at radius 3 is 0.954 bits per heavy atom. The third kappa shape index (κ3) is 26.0. The van der Waals surface area contributed by atoms with Crippen LogP contribution in [0.1, 0.15) is 46.0 Å². The van der Waals surface area contributed by atoms with Crippen molar-refractivity contribution in [1.29, 1.82) is 0 Å². The highest BCUT2D eigenvalue weighted by Gasteiger charge is 2.55. The van der Waals surface area contributed by atoms with Gasteiger partial charge in [-0.25, -0.2) is 24.0 Å². The van der Waals surface area contributed by atoms with Gasteiger partial charge < -0.3 is 117 Å². The van der Waals surface area contributed by atoms with E-state index in [4.69, 9.17) is 33.2 Å². The van der Waals surface area contributed by atoms with E-state index in [0.717, 1.165) is 67.6 Å². The third-order valence-corrected chi connectivity index (χ3v) is 28.2. The summed E-state index contributed by atoms with van der Waals surface area (Å²) in [6.07, 6.45) is 29.1. The number of nitrogens with one attached hydrogen (secondary N) is 10. The van der Waals surface area contributed by atoms with E-state index in [1.165, 1.54) is 13.1 Å². The number of rotatable bonds is 22. The van der Waals surface area contributed by atoms with Gasteiger partial charge in [-0.3, -0.25) is 0 Å². The highest BCUT2D eigenvalue weighted by atomic mass is 127. The third-order valence-electron chi connectivity index (χ3n) is 19.5. The van der Waals surface area contributed by atoms with Crippen molar-refractivity contribution in [2.75, 3.05) is 112 Å². The molecule has 5 fully saturated rings. The first-order valence-corrected chi connectivity index (χ1v) is 52.2. The summed E-state index contributed by atoms with van der Waals surface area (Å²) in [6.45, 7) is 38.4. The van der Waals surface area contributed by atoms with Crippen LogP contribution >= 0.6 is 57.0 Å². The van der Waals surface area contributed by atoms with Gasteiger partial charge in [0.15, 0.2) is 0 Å². The maximum atomic E-state index is 11.3. The number of carbonyl (C=O) groups is 5. The van der Waals surface area contributed by atoms with Gasteiger partial charge in [0, 0.05) is 107 Å². The van der Waals surface area contributed by atoms with Gasteiger partial charge in [-0.2, -0.15) is 0 Å². The van der Waals surface area contributed by atoms with Crippen molar-refractivity contribution in [1.82, 2.24) is 53.2 Å². The normalized spacial score (nSPS) is 33.5. The molecule has 10 aliphatic rings.